The molecular formula is C14H23ClN4O2. The monoisotopic (exact) mass is 314 g/mol. The zero-order valence-electron chi connectivity index (χ0n) is 13.2. The molecule has 0 aliphatic heterocycles. The van der Waals surface area contributed by atoms with E-state index in [4.69, 9.17) is 11.6 Å². The Morgan fingerprint density at radius 3 is 2.57 bits per heavy atom. The minimum Gasteiger partial charge on any atom is -0.373 e. The van der Waals surface area contributed by atoms with Gasteiger partial charge >= 0.3 is 0 Å². The Morgan fingerprint density at radius 1 is 1.43 bits per heavy atom. The minimum atomic E-state index is -0.355. The Balaban J connectivity index is 2.75. The van der Waals surface area contributed by atoms with Gasteiger partial charge in [0.25, 0.3) is 5.56 Å². The van der Waals surface area contributed by atoms with E-state index >= 15 is 0 Å². The maximum Gasteiger partial charge on any atom is 0.287 e. The summed E-state index contributed by atoms with van der Waals surface area (Å²) in [6.45, 7) is 10.2. The molecule has 0 saturated carbocycles. The summed E-state index contributed by atoms with van der Waals surface area (Å²) < 4.78 is 1.33. The number of halogens is 1. The molecule has 0 spiro atoms. The molecular weight excluding hydrogens is 292 g/mol. The van der Waals surface area contributed by atoms with Crippen molar-refractivity contribution in [3.05, 3.63) is 21.6 Å². The van der Waals surface area contributed by atoms with Crippen LogP contribution in [-0.4, -0.2) is 27.8 Å². The lowest BCUT2D eigenvalue weighted by Crippen LogP contribution is -2.43. The summed E-state index contributed by atoms with van der Waals surface area (Å²) in [5.41, 5.74) is -0.293. The predicted octanol–water partition coefficient (Wildman–Crippen LogP) is 1.88. The number of amides is 1. The van der Waals surface area contributed by atoms with Crippen molar-refractivity contribution in [2.45, 2.75) is 46.7 Å². The summed E-state index contributed by atoms with van der Waals surface area (Å²) in [6.07, 6.45) is 1.47. The van der Waals surface area contributed by atoms with Gasteiger partial charge in [0.05, 0.1) is 18.4 Å². The van der Waals surface area contributed by atoms with Crippen molar-refractivity contribution >= 4 is 23.2 Å². The number of nitrogens with one attached hydrogen (secondary N) is 2. The summed E-state index contributed by atoms with van der Waals surface area (Å²) in [6, 6.07) is 0. The van der Waals surface area contributed by atoms with Gasteiger partial charge in [-0.1, -0.05) is 25.4 Å². The fourth-order valence-corrected chi connectivity index (χ4v) is 1.92. The molecule has 1 amide bonds. The largest absolute Gasteiger partial charge is 0.373 e. The van der Waals surface area contributed by atoms with E-state index in [-0.39, 0.29) is 28.6 Å². The second kappa shape index (κ2) is 6.93. The van der Waals surface area contributed by atoms with E-state index in [2.05, 4.69) is 15.7 Å². The first kappa shape index (κ1) is 17.5. The second-order valence-electron chi connectivity index (χ2n) is 6.41. The van der Waals surface area contributed by atoms with Crippen LogP contribution in [0.5, 0.6) is 0 Å². The van der Waals surface area contributed by atoms with Crippen LogP contribution in [0.1, 0.15) is 34.6 Å². The molecule has 0 fully saturated rings. The lowest BCUT2D eigenvalue weighted by atomic mass is 10.1. The number of carbonyl (C=O) groups is 1. The molecule has 1 aromatic rings. The number of nitrogens with zero attached hydrogens (tertiary/aromatic N) is 2. The first-order chi connectivity index (χ1) is 9.60. The van der Waals surface area contributed by atoms with Gasteiger partial charge in [-0.2, -0.15) is 5.10 Å². The van der Waals surface area contributed by atoms with Crippen LogP contribution in [0.4, 0.5) is 5.69 Å². The van der Waals surface area contributed by atoms with Crippen molar-refractivity contribution in [3.63, 3.8) is 0 Å². The summed E-state index contributed by atoms with van der Waals surface area (Å²) in [5, 5.41) is 9.76. The average Bonchev–Trinajstić information content (AvgIpc) is 2.31. The summed E-state index contributed by atoms with van der Waals surface area (Å²) in [7, 11) is 0. The Labute approximate surface area is 129 Å². The molecule has 0 unspecified atom stereocenters. The molecule has 6 nitrogen and oxygen atoms in total. The molecule has 0 aliphatic rings. The van der Waals surface area contributed by atoms with Gasteiger partial charge in [-0.15, -0.1) is 0 Å². The van der Waals surface area contributed by atoms with Crippen LogP contribution in [0.25, 0.3) is 0 Å². The molecule has 1 aromatic heterocycles. The second-order valence-corrected chi connectivity index (χ2v) is 6.78. The van der Waals surface area contributed by atoms with Crippen molar-refractivity contribution in [3.8, 4) is 0 Å². The van der Waals surface area contributed by atoms with Gasteiger partial charge in [-0.25, -0.2) is 4.68 Å². The molecule has 1 heterocycles. The third-order valence-electron chi connectivity index (χ3n) is 2.48. The quantitative estimate of drug-likeness (QED) is 0.870. The number of carbonyl (C=O) groups excluding carboxylic acids is 1. The summed E-state index contributed by atoms with van der Waals surface area (Å²) in [4.78, 5) is 23.7. The van der Waals surface area contributed by atoms with Crippen LogP contribution < -0.4 is 16.2 Å². The minimum absolute atomic E-state index is 0.0340. The number of hydrogen-bond donors (Lipinski definition) is 2. The molecule has 1 rings (SSSR count). The molecule has 0 saturated heterocycles. The SMILES string of the molecule is CC(C)Cn1ncc(NCC(=O)NC(C)(C)C)c(Cl)c1=O. The number of anilines is 1. The van der Waals surface area contributed by atoms with Crippen LogP contribution >= 0.6 is 11.6 Å². The molecule has 2 N–H and O–H groups in total. The Morgan fingerprint density at radius 2 is 2.05 bits per heavy atom. The molecule has 0 aromatic carbocycles. The van der Waals surface area contributed by atoms with Gasteiger partial charge in [0.1, 0.15) is 5.02 Å². The van der Waals surface area contributed by atoms with E-state index in [1.54, 1.807) is 0 Å². The number of aromatic nitrogens is 2. The van der Waals surface area contributed by atoms with Crippen molar-refractivity contribution in [2.75, 3.05) is 11.9 Å². The Bertz CT molecular complexity index is 561. The van der Waals surface area contributed by atoms with E-state index < -0.39 is 0 Å². The first-order valence-corrected chi connectivity index (χ1v) is 7.28. The number of rotatable bonds is 5. The molecule has 118 valence electrons. The molecule has 0 bridgehead atoms. The fraction of sp³-hybridized carbons (Fsp3) is 0.643. The molecule has 0 aliphatic carbocycles. The van der Waals surface area contributed by atoms with Gasteiger partial charge in [0.15, 0.2) is 0 Å². The fourth-order valence-electron chi connectivity index (χ4n) is 1.70. The lowest BCUT2D eigenvalue weighted by Gasteiger charge is -2.20. The highest BCUT2D eigenvalue weighted by Gasteiger charge is 2.15. The molecule has 21 heavy (non-hydrogen) atoms. The van der Waals surface area contributed by atoms with Crippen LogP contribution in [-0.2, 0) is 11.3 Å². The highest BCUT2D eigenvalue weighted by molar-refractivity contribution is 6.33. The van der Waals surface area contributed by atoms with Crippen LogP contribution in [0.3, 0.4) is 0 Å². The maximum absolute atomic E-state index is 12.0. The van der Waals surface area contributed by atoms with Crippen LogP contribution in [0.15, 0.2) is 11.0 Å². The van der Waals surface area contributed by atoms with E-state index in [9.17, 15) is 9.59 Å². The summed E-state index contributed by atoms with van der Waals surface area (Å²) >= 11 is 6.03. The Hall–Kier alpha value is -1.56. The number of hydrogen-bond acceptors (Lipinski definition) is 4. The predicted molar refractivity (Wildman–Crippen MR) is 84.7 cm³/mol. The van der Waals surface area contributed by atoms with E-state index in [0.29, 0.717) is 18.2 Å². The van der Waals surface area contributed by atoms with Crippen molar-refractivity contribution in [1.29, 1.82) is 0 Å². The Kier molecular flexibility index (Phi) is 5.78. The molecule has 0 atom stereocenters. The van der Waals surface area contributed by atoms with Crippen molar-refractivity contribution in [1.82, 2.24) is 15.1 Å². The van der Waals surface area contributed by atoms with Crippen molar-refractivity contribution < 1.29 is 4.79 Å². The normalized spacial score (nSPS) is 11.6. The van der Waals surface area contributed by atoms with Gasteiger partial charge < -0.3 is 10.6 Å². The first-order valence-electron chi connectivity index (χ1n) is 6.90. The smallest absolute Gasteiger partial charge is 0.287 e. The molecule has 0 radical (unpaired) electrons. The highest BCUT2D eigenvalue weighted by atomic mass is 35.5. The van der Waals surface area contributed by atoms with Gasteiger partial charge in [-0.05, 0) is 26.7 Å². The average molecular weight is 315 g/mol. The van der Waals surface area contributed by atoms with Gasteiger partial charge in [0, 0.05) is 12.1 Å². The van der Waals surface area contributed by atoms with Gasteiger partial charge in [0.2, 0.25) is 5.91 Å². The van der Waals surface area contributed by atoms with Crippen LogP contribution in [0, 0.1) is 5.92 Å². The van der Waals surface area contributed by atoms with E-state index in [1.165, 1.54) is 10.9 Å². The van der Waals surface area contributed by atoms with Crippen molar-refractivity contribution in [2.24, 2.45) is 5.92 Å². The molecule has 7 heteroatoms. The third kappa shape index (κ3) is 5.75. The summed E-state index contributed by atoms with van der Waals surface area (Å²) in [5.74, 6) is 0.118. The lowest BCUT2D eigenvalue weighted by molar-refractivity contribution is -0.120. The third-order valence-corrected chi connectivity index (χ3v) is 2.84. The topological polar surface area (TPSA) is 76.0 Å². The highest BCUT2D eigenvalue weighted by Crippen LogP contribution is 2.15. The standard InChI is InChI=1S/C14H23ClN4O2/c1-9(2)8-19-13(21)12(15)10(6-17-19)16-7-11(20)18-14(3,4)5/h6,9,16H,7-8H2,1-5H3,(H,18,20). The van der Waals surface area contributed by atoms with Crippen LogP contribution in [0.2, 0.25) is 5.02 Å². The zero-order valence-corrected chi connectivity index (χ0v) is 13.9. The zero-order chi connectivity index (χ0) is 16.2. The van der Waals surface area contributed by atoms with Gasteiger partial charge in [-0.3, -0.25) is 9.59 Å². The van der Waals surface area contributed by atoms with E-state index in [1.807, 2.05) is 34.6 Å². The van der Waals surface area contributed by atoms with E-state index in [0.717, 1.165) is 0 Å². The maximum atomic E-state index is 12.0.